The summed E-state index contributed by atoms with van der Waals surface area (Å²) in [5, 5.41) is 5.14. The van der Waals surface area contributed by atoms with Crippen molar-refractivity contribution >= 4 is 23.2 Å². The SMILES string of the molecule is Cc1cccc(C)c1NC(=O)C1CC1C(=O)Nc1ccccc1C(F)(F)F. The molecule has 2 atom stereocenters. The summed E-state index contributed by atoms with van der Waals surface area (Å²) < 4.78 is 39.1. The molecule has 142 valence electrons. The third kappa shape index (κ3) is 4.13. The summed E-state index contributed by atoms with van der Waals surface area (Å²) in [6.07, 6.45) is -4.25. The highest BCUT2D eigenvalue weighted by Gasteiger charge is 2.48. The lowest BCUT2D eigenvalue weighted by Crippen LogP contribution is -2.22. The normalized spacial score (nSPS) is 18.7. The lowest BCUT2D eigenvalue weighted by atomic mass is 10.1. The number of hydrogen-bond donors (Lipinski definition) is 2. The van der Waals surface area contributed by atoms with Crippen LogP contribution in [0.4, 0.5) is 24.5 Å². The Morgan fingerprint density at radius 3 is 2.04 bits per heavy atom. The number of para-hydroxylation sites is 2. The predicted octanol–water partition coefficient (Wildman–Crippen LogP) is 4.54. The van der Waals surface area contributed by atoms with E-state index in [2.05, 4.69) is 10.6 Å². The molecular weight excluding hydrogens is 357 g/mol. The van der Waals surface area contributed by atoms with Gasteiger partial charge in [0, 0.05) is 5.69 Å². The molecule has 0 heterocycles. The first-order chi connectivity index (χ1) is 12.7. The van der Waals surface area contributed by atoms with E-state index < -0.39 is 29.5 Å². The second kappa shape index (κ2) is 7.06. The van der Waals surface area contributed by atoms with Gasteiger partial charge in [0.15, 0.2) is 0 Å². The second-order valence-corrected chi connectivity index (χ2v) is 6.74. The molecule has 0 aromatic heterocycles. The Hall–Kier alpha value is -2.83. The number of amides is 2. The van der Waals surface area contributed by atoms with Gasteiger partial charge in [0.25, 0.3) is 0 Å². The maximum absolute atomic E-state index is 13.0. The Balaban J connectivity index is 1.65. The fraction of sp³-hybridized carbons (Fsp3) is 0.300. The number of carbonyl (C=O) groups excluding carboxylic acids is 2. The monoisotopic (exact) mass is 376 g/mol. The molecule has 1 aliphatic carbocycles. The number of aryl methyl sites for hydroxylation is 2. The van der Waals surface area contributed by atoms with Gasteiger partial charge < -0.3 is 10.6 Å². The molecule has 4 nitrogen and oxygen atoms in total. The third-order valence-corrected chi connectivity index (χ3v) is 4.68. The average Bonchev–Trinajstić information content (AvgIpc) is 3.38. The molecule has 3 rings (SSSR count). The fourth-order valence-electron chi connectivity index (χ4n) is 3.07. The zero-order chi connectivity index (χ0) is 19.8. The Morgan fingerprint density at radius 2 is 1.44 bits per heavy atom. The van der Waals surface area contributed by atoms with Gasteiger partial charge in [-0.1, -0.05) is 30.3 Å². The van der Waals surface area contributed by atoms with Crippen molar-refractivity contribution in [2.45, 2.75) is 26.4 Å². The minimum Gasteiger partial charge on any atom is -0.325 e. The average molecular weight is 376 g/mol. The molecule has 1 aliphatic rings. The van der Waals surface area contributed by atoms with Crippen molar-refractivity contribution in [1.82, 2.24) is 0 Å². The highest BCUT2D eigenvalue weighted by Crippen LogP contribution is 2.42. The van der Waals surface area contributed by atoms with E-state index in [4.69, 9.17) is 0 Å². The molecule has 2 N–H and O–H groups in total. The maximum Gasteiger partial charge on any atom is 0.418 e. The van der Waals surface area contributed by atoms with Crippen LogP contribution < -0.4 is 10.6 Å². The smallest absolute Gasteiger partial charge is 0.325 e. The van der Waals surface area contributed by atoms with Crippen LogP contribution in [-0.2, 0) is 15.8 Å². The van der Waals surface area contributed by atoms with Gasteiger partial charge in [-0.05, 0) is 43.5 Å². The van der Waals surface area contributed by atoms with Crippen LogP contribution in [0.3, 0.4) is 0 Å². The maximum atomic E-state index is 13.0. The molecule has 0 spiro atoms. The van der Waals surface area contributed by atoms with E-state index in [1.165, 1.54) is 18.2 Å². The molecular formula is C20H19F3N2O2. The van der Waals surface area contributed by atoms with Gasteiger partial charge >= 0.3 is 6.18 Å². The quantitative estimate of drug-likeness (QED) is 0.823. The molecule has 1 saturated carbocycles. The Bertz CT molecular complexity index is 873. The molecule has 0 bridgehead atoms. The lowest BCUT2D eigenvalue weighted by Gasteiger charge is -2.14. The van der Waals surface area contributed by atoms with Crippen molar-refractivity contribution in [2.24, 2.45) is 11.8 Å². The molecule has 0 saturated heterocycles. The van der Waals surface area contributed by atoms with E-state index in [1.807, 2.05) is 32.0 Å². The van der Waals surface area contributed by atoms with Gasteiger partial charge in [0.2, 0.25) is 11.8 Å². The van der Waals surface area contributed by atoms with E-state index in [0.29, 0.717) is 12.1 Å². The van der Waals surface area contributed by atoms with E-state index in [1.54, 1.807) is 0 Å². The summed E-state index contributed by atoms with van der Waals surface area (Å²) in [4.78, 5) is 24.7. The minimum absolute atomic E-state index is 0.295. The van der Waals surface area contributed by atoms with Gasteiger partial charge in [-0.15, -0.1) is 0 Å². The Kier molecular flexibility index (Phi) is 4.95. The number of rotatable bonds is 4. The first-order valence-electron chi connectivity index (χ1n) is 8.52. The molecule has 7 heteroatoms. The van der Waals surface area contributed by atoms with Crippen LogP contribution in [0.5, 0.6) is 0 Å². The molecule has 27 heavy (non-hydrogen) atoms. The van der Waals surface area contributed by atoms with Crippen molar-refractivity contribution in [3.63, 3.8) is 0 Å². The lowest BCUT2D eigenvalue weighted by molar-refractivity contribution is -0.137. The largest absolute Gasteiger partial charge is 0.418 e. The topological polar surface area (TPSA) is 58.2 Å². The summed E-state index contributed by atoms with van der Waals surface area (Å²) in [7, 11) is 0. The Labute approximate surface area is 154 Å². The molecule has 2 aromatic rings. The molecule has 1 fully saturated rings. The van der Waals surface area contributed by atoms with E-state index >= 15 is 0 Å². The van der Waals surface area contributed by atoms with E-state index in [9.17, 15) is 22.8 Å². The molecule has 2 amide bonds. The van der Waals surface area contributed by atoms with Crippen LogP contribution in [0.25, 0.3) is 0 Å². The predicted molar refractivity (Wildman–Crippen MR) is 96.2 cm³/mol. The van der Waals surface area contributed by atoms with E-state index in [0.717, 1.165) is 17.2 Å². The van der Waals surface area contributed by atoms with Gasteiger partial charge in [0.1, 0.15) is 0 Å². The standard InChI is InChI=1S/C20H19F3N2O2/c1-11-6-5-7-12(2)17(11)25-19(27)14-10-13(14)18(26)24-16-9-4-3-8-15(16)20(21,22)23/h3-9,13-14H,10H2,1-2H3,(H,24,26)(H,25,27). The number of carbonyl (C=O) groups is 2. The van der Waals surface area contributed by atoms with E-state index in [-0.39, 0.29) is 11.6 Å². The number of alkyl halides is 3. The van der Waals surface area contributed by atoms with Crippen LogP contribution in [0.1, 0.15) is 23.1 Å². The van der Waals surface area contributed by atoms with Gasteiger partial charge in [0.05, 0.1) is 23.1 Å². The molecule has 2 aromatic carbocycles. The summed E-state index contributed by atoms with van der Waals surface area (Å²) in [6.45, 7) is 3.74. The minimum atomic E-state index is -4.56. The van der Waals surface area contributed by atoms with Gasteiger partial charge in [-0.2, -0.15) is 13.2 Å². The number of anilines is 2. The van der Waals surface area contributed by atoms with Crippen LogP contribution in [-0.4, -0.2) is 11.8 Å². The number of halogens is 3. The third-order valence-electron chi connectivity index (χ3n) is 4.68. The molecule has 0 radical (unpaired) electrons. The first-order valence-corrected chi connectivity index (χ1v) is 8.52. The van der Waals surface area contributed by atoms with Crippen LogP contribution in [0.15, 0.2) is 42.5 Å². The van der Waals surface area contributed by atoms with Crippen LogP contribution in [0.2, 0.25) is 0 Å². The number of hydrogen-bond acceptors (Lipinski definition) is 2. The molecule has 0 aliphatic heterocycles. The summed E-state index contributed by atoms with van der Waals surface area (Å²) >= 11 is 0. The van der Waals surface area contributed by atoms with Gasteiger partial charge in [-0.3, -0.25) is 9.59 Å². The van der Waals surface area contributed by atoms with Crippen molar-refractivity contribution in [1.29, 1.82) is 0 Å². The van der Waals surface area contributed by atoms with Crippen molar-refractivity contribution in [2.75, 3.05) is 10.6 Å². The summed E-state index contributed by atoms with van der Waals surface area (Å²) in [6, 6.07) is 10.4. The van der Waals surface area contributed by atoms with Crippen molar-refractivity contribution < 1.29 is 22.8 Å². The van der Waals surface area contributed by atoms with Gasteiger partial charge in [-0.25, -0.2) is 0 Å². The van der Waals surface area contributed by atoms with Crippen LogP contribution >= 0.6 is 0 Å². The zero-order valence-electron chi connectivity index (χ0n) is 14.9. The highest BCUT2D eigenvalue weighted by atomic mass is 19.4. The summed E-state index contributed by atoms with van der Waals surface area (Å²) in [5.74, 6) is -2.04. The second-order valence-electron chi connectivity index (χ2n) is 6.74. The Morgan fingerprint density at radius 1 is 0.889 bits per heavy atom. The number of benzene rings is 2. The van der Waals surface area contributed by atoms with Crippen molar-refractivity contribution in [3.05, 3.63) is 59.2 Å². The van der Waals surface area contributed by atoms with Crippen LogP contribution in [0, 0.1) is 25.7 Å². The van der Waals surface area contributed by atoms with Crippen molar-refractivity contribution in [3.8, 4) is 0 Å². The molecule has 2 unspecified atom stereocenters. The number of nitrogens with one attached hydrogen (secondary N) is 2. The highest BCUT2D eigenvalue weighted by molar-refractivity contribution is 6.04. The zero-order valence-corrected chi connectivity index (χ0v) is 14.9. The first kappa shape index (κ1) is 18.9. The fourth-order valence-corrected chi connectivity index (χ4v) is 3.07. The summed E-state index contributed by atoms with van der Waals surface area (Å²) in [5.41, 5.74) is 1.32.